The number of nitrogens with one attached hydrogen (secondary N) is 1. The van der Waals surface area contributed by atoms with Gasteiger partial charge in [-0.05, 0) is 54.5 Å². The van der Waals surface area contributed by atoms with Gasteiger partial charge in [0.2, 0.25) is 0 Å². The summed E-state index contributed by atoms with van der Waals surface area (Å²) in [7, 11) is 0. The van der Waals surface area contributed by atoms with Crippen molar-refractivity contribution in [3.05, 3.63) is 98.0 Å². The first kappa shape index (κ1) is 23.4. The van der Waals surface area contributed by atoms with Crippen molar-refractivity contribution >= 4 is 58.4 Å². The van der Waals surface area contributed by atoms with Crippen LogP contribution in [0.1, 0.15) is 21.5 Å². The Balaban J connectivity index is 1.85. The maximum absolute atomic E-state index is 12.6. The summed E-state index contributed by atoms with van der Waals surface area (Å²) in [4.78, 5) is 24.9. The molecular weight excluding hydrogens is 471 g/mol. The van der Waals surface area contributed by atoms with Crippen LogP contribution in [0.5, 0.6) is 5.75 Å². The highest BCUT2D eigenvalue weighted by molar-refractivity contribution is 6.37. The second-order valence-corrected chi connectivity index (χ2v) is 7.85. The van der Waals surface area contributed by atoms with E-state index in [1.54, 1.807) is 55.5 Å². The van der Waals surface area contributed by atoms with Gasteiger partial charge in [-0.1, -0.05) is 65.1 Å². The monoisotopic (exact) mass is 484 g/mol. The van der Waals surface area contributed by atoms with Gasteiger partial charge in [0.25, 0.3) is 5.91 Å². The average molecular weight is 486 g/mol. The quantitative estimate of drug-likeness (QED) is 0.188. The highest BCUT2D eigenvalue weighted by Gasteiger charge is 2.17. The number of para-hydroxylation sites is 1. The Bertz CT molecular complexity index is 1220. The zero-order chi connectivity index (χ0) is 23.3. The largest absolute Gasteiger partial charge is 0.420 e. The third-order valence-corrected chi connectivity index (χ3v) is 5.24. The molecule has 8 heteroatoms. The number of halogens is 3. The third kappa shape index (κ3) is 5.49. The molecule has 3 aromatic rings. The van der Waals surface area contributed by atoms with Crippen molar-refractivity contribution in [2.45, 2.75) is 6.92 Å². The summed E-state index contributed by atoms with van der Waals surface area (Å²) in [6.45, 7) is 1.78. The lowest BCUT2D eigenvalue weighted by Crippen LogP contribution is -2.14. The Kier molecular flexibility index (Phi) is 7.55. The highest BCUT2D eigenvalue weighted by atomic mass is 35.5. The van der Waals surface area contributed by atoms with Gasteiger partial charge in [-0.3, -0.25) is 4.79 Å². The van der Waals surface area contributed by atoms with E-state index in [-0.39, 0.29) is 21.4 Å². The lowest BCUT2D eigenvalue weighted by molar-refractivity contribution is -0.112. The lowest BCUT2D eigenvalue weighted by atomic mass is 10.1. The van der Waals surface area contributed by atoms with E-state index in [2.05, 4.69) is 5.32 Å². The number of anilines is 1. The fourth-order valence-corrected chi connectivity index (χ4v) is 3.62. The molecule has 1 N–H and O–H groups in total. The number of carbonyl (C=O) groups excluding carboxylic acids is 2. The molecule has 3 rings (SSSR count). The van der Waals surface area contributed by atoms with E-state index in [1.807, 2.05) is 6.07 Å². The standard InChI is InChI=1S/C24H15Cl3N2O3/c1-14-6-5-9-18(25)21(14)29-23(30)17(13-28)10-15-11-19(26)22(20(27)12-15)32-24(31)16-7-3-2-4-8-16/h2-12H,1H3,(H,29,30)/b17-10+. The number of hydrogen-bond acceptors (Lipinski definition) is 4. The molecule has 0 heterocycles. The fourth-order valence-electron chi connectivity index (χ4n) is 2.77. The molecule has 3 aromatic carbocycles. The molecule has 32 heavy (non-hydrogen) atoms. The van der Waals surface area contributed by atoms with Crippen LogP contribution in [0.25, 0.3) is 6.08 Å². The van der Waals surface area contributed by atoms with E-state index in [4.69, 9.17) is 39.5 Å². The number of carbonyl (C=O) groups is 2. The predicted octanol–water partition coefficient (Wildman–Crippen LogP) is 6.72. The minimum absolute atomic E-state index is 0.0195. The van der Waals surface area contributed by atoms with Gasteiger partial charge in [0.1, 0.15) is 11.6 Å². The molecule has 0 aliphatic heterocycles. The molecule has 5 nitrogen and oxygen atoms in total. The number of ether oxygens (including phenoxy) is 1. The molecule has 0 aliphatic carbocycles. The van der Waals surface area contributed by atoms with E-state index >= 15 is 0 Å². The first-order chi connectivity index (χ1) is 15.3. The number of aryl methyl sites for hydroxylation is 1. The first-order valence-electron chi connectivity index (χ1n) is 9.24. The Labute approximate surface area is 199 Å². The Morgan fingerprint density at radius 3 is 2.22 bits per heavy atom. The van der Waals surface area contributed by atoms with E-state index in [1.165, 1.54) is 18.2 Å². The van der Waals surface area contributed by atoms with Crippen molar-refractivity contribution in [2.75, 3.05) is 5.32 Å². The minimum Gasteiger partial charge on any atom is -0.420 e. The summed E-state index contributed by atoms with van der Waals surface area (Å²) in [6.07, 6.45) is 1.32. The van der Waals surface area contributed by atoms with Gasteiger partial charge in [0, 0.05) is 0 Å². The summed E-state index contributed by atoms with van der Waals surface area (Å²) < 4.78 is 5.32. The third-order valence-electron chi connectivity index (χ3n) is 4.36. The Hall–Kier alpha value is -3.30. The first-order valence-corrected chi connectivity index (χ1v) is 10.4. The predicted molar refractivity (Wildman–Crippen MR) is 126 cm³/mol. The molecule has 0 fully saturated rings. The van der Waals surface area contributed by atoms with Crippen molar-refractivity contribution in [1.29, 1.82) is 5.26 Å². The van der Waals surface area contributed by atoms with Crippen LogP contribution in [-0.4, -0.2) is 11.9 Å². The molecular formula is C24H15Cl3N2O3. The van der Waals surface area contributed by atoms with Gasteiger partial charge >= 0.3 is 5.97 Å². The van der Waals surface area contributed by atoms with Crippen LogP contribution in [0.3, 0.4) is 0 Å². The topological polar surface area (TPSA) is 79.2 Å². The van der Waals surface area contributed by atoms with E-state index in [0.717, 1.165) is 5.56 Å². The lowest BCUT2D eigenvalue weighted by Gasteiger charge is -2.11. The number of benzene rings is 3. The molecule has 160 valence electrons. The number of amides is 1. The minimum atomic E-state index is -0.643. The second-order valence-electron chi connectivity index (χ2n) is 6.62. The average Bonchev–Trinajstić information content (AvgIpc) is 2.77. The molecule has 0 bridgehead atoms. The molecule has 0 aliphatic rings. The van der Waals surface area contributed by atoms with E-state index in [9.17, 15) is 14.9 Å². The Morgan fingerprint density at radius 1 is 0.969 bits per heavy atom. The summed E-state index contributed by atoms with van der Waals surface area (Å²) >= 11 is 18.6. The van der Waals surface area contributed by atoms with Gasteiger partial charge < -0.3 is 10.1 Å². The fraction of sp³-hybridized carbons (Fsp3) is 0.0417. The van der Waals surface area contributed by atoms with Crippen molar-refractivity contribution in [3.63, 3.8) is 0 Å². The van der Waals surface area contributed by atoms with Crippen molar-refractivity contribution < 1.29 is 14.3 Å². The van der Waals surface area contributed by atoms with E-state index < -0.39 is 11.9 Å². The van der Waals surface area contributed by atoms with Crippen LogP contribution in [0.2, 0.25) is 15.1 Å². The summed E-state index contributed by atoms with van der Waals surface area (Å²) in [5.41, 5.74) is 1.69. The number of esters is 1. The summed E-state index contributed by atoms with van der Waals surface area (Å²) in [5.74, 6) is -1.28. The zero-order valence-corrected chi connectivity index (χ0v) is 18.9. The van der Waals surface area contributed by atoms with Gasteiger partial charge in [0.05, 0.1) is 26.3 Å². The van der Waals surface area contributed by atoms with Crippen LogP contribution < -0.4 is 10.1 Å². The zero-order valence-electron chi connectivity index (χ0n) is 16.7. The molecule has 0 spiro atoms. The molecule has 0 saturated heterocycles. The van der Waals surface area contributed by atoms with Gasteiger partial charge in [-0.25, -0.2) is 4.79 Å². The van der Waals surface area contributed by atoms with Crippen LogP contribution >= 0.6 is 34.8 Å². The maximum atomic E-state index is 12.6. The number of rotatable bonds is 5. The van der Waals surface area contributed by atoms with Crippen LogP contribution in [0, 0.1) is 18.3 Å². The van der Waals surface area contributed by atoms with Gasteiger partial charge in [0.15, 0.2) is 5.75 Å². The van der Waals surface area contributed by atoms with Crippen molar-refractivity contribution in [2.24, 2.45) is 0 Å². The summed E-state index contributed by atoms with van der Waals surface area (Å²) in [6, 6.07) is 18.3. The van der Waals surface area contributed by atoms with Crippen LogP contribution in [0.15, 0.2) is 66.2 Å². The van der Waals surface area contributed by atoms with Gasteiger partial charge in [-0.2, -0.15) is 5.26 Å². The van der Waals surface area contributed by atoms with E-state index in [0.29, 0.717) is 21.8 Å². The van der Waals surface area contributed by atoms with Crippen LogP contribution in [-0.2, 0) is 4.79 Å². The van der Waals surface area contributed by atoms with Crippen molar-refractivity contribution in [3.8, 4) is 11.8 Å². The van der Waals surface area contributed by atoms with Gasteiger partial charge in [-0.15, -0.1) is 0 Å². The maximum Gasteiger partial charge on any atom is 0.343 e. The normalized spacial score (nSPS) is 10.9. The number of hydrogen-bond donors (Lipinski definition) is 1. The highest BCUT2D eigenvalue weighted by Crippen LogP contribution is 2.35. The summed E-state index contributed by atoms with van der Waals surface area (Å²) in [5, 5.41) is 12.6. The molecule has 0 unspecified atom stereocenters. The molecule has 0 saturated carbocycles. The Morgan fingerprint density at radius 2 is 1.62 bits per heavy atom. The smallest absolute Gasteiger partial charge is 0.343 e. The molecule has 0 aromatic heterocycles. The molecule has 1 amide bonds. The SMILES string of the molecule is Cc1cccc(Cl)c1NC(=O)/C(C#N)=C/c1cc(Cl)c(OC(=O)c2ccccc2)c(Cl)c1. The van der Waals surface area contributed by atoms with Crippen molar-refractivity contribution in [1.82, 2.24) is 0 Å². The number of nitrogens with zero attached hydrogens (tertiary/aromatic N) is 1. The van der Waals surface area contributed by atoms with Crippen LogP contribution in [0.4, 0.5) is 5.69 Å². The number of nitriles is 1. The molecule has 0 radical (unpaired) electrons. The second kappa shape index (κ2) is 10.3. The molecule has 0 atom stereocenters.